The van der Waals surface area contributed by atoms with E-state index in [0.717, 1.165) is 22.3 Å². The van der Waals surface area contributed by atoms with Gasteiger partial charge in [-0.2, -0.15) is 0 Å². The summed E-state index contributed by atoms with van der Waals surface area (Å²) < 4.78 is 0. The van der Waals surface area contributed by atoms with E-state index >= 15 is 0 Å². The molecule has 1 N–H and O–H groups in total. The van der Waals surface area contributed by atoms with Crippen LogP contribution in [0.2, 0.25) is 0 Å². The molecule has 0 atom stereocenters. The van der Waals surface area contributed by atoms with Gasteiger partial charge in [-0.25, -0.2) is 0 Å². The quantitative estimate of drug-likeness (QED) is 0.763. The fourth-order valence-electron chi connectivity index (χ4n) is 1.29. The van der Waals surface area contributed by atoms with Gasteiger partial charge in [0, 0.05) is 5.56 Å². The van der Waals surface area contributed by atoms with Crippen molar-refractivity contribution in [2.45, 2.75) is 0 Å². The summed E-state index contributed by atoms with van der Waals surface area (Å²) >= 11 is 1.42. The number of carbonyl (C=O) groups is 1. The van der Waals surface area contributed by atoms with Crippen LogP contribution in [-0.2, 0) is 0 Å². The fourth-order valence-corrected chi connectivity index (χ4v) is 2.01. The number of hydrogen-bond acceptors (Lipinski definition) is 3. The first-order valence-electron chi connectivity index (χ1n) is 4.13. The molecule has 2 nitrogen and oxygen atoms in total. The van der Waals surface area contributed by atoms with Crippen LogP contribution in [-0.4, -0.2) is 11.4 Å². The lowest BCUT2D eigenvalue weighted by molar-refractivity contribution is 0.112. The number of benzene rings is 1. The Bertz CT molecular complexity index is 443. The Hall–Kier alpha value is -1.61. The molecule has 1 aromatic heterocycles. The van der Waals surface area contributed by atoms with Gasteiger partial charge in [-0.1, -0.05) is 12.1 Å². The monoisotopic (exact) mass is 204 g/mol. The molecule has 2 rings (SSSR count). The van der Waals surface area contributed by atoms with Crippen LogP contribution in [0.1, 0.15) is 9.67 Å². The SMILES string of the molecule is O=Cc1sccc1-c1ccc(O)cc1. The van der Waals surface area contributed by atoms with E-state index in [9.17, 15) is 4.79 Å². The molecule has 0 saturated heterocycles. The molecular formula is C11H8O2S. The lowest BCUT2D eigenvalue weighted by Gasteiger charge is -1.99. The number of hydrogen-bond donors (Lipinski definition) is 1. The van der Waals surface area contributed by atoms with Gasteiger partial charge in [-0.3, -0.25) is 4.79 Å². The molecule has 0 aliphatic carbocycles. The van der Waals surface area contributed by atoms with Crippen LogP contribution in [0.25, 0.3) is 11.1 Å². The Balaban J connectivity index is 2.49. The maximum atomic E-state index is 10.7. The van der Waals surface area contributed by atoms with Gasteiger partial charge in [0.15, 0.2) is 6.29 Å². The van der Waals surface area contributed by atoms with Crippen molar-refractivity contribution in [2.75, 3.05) is 0 Å². The Labute approximate surface area is 85.4 Å². The lowest BCUT2D eigenvalue weighted by atomic mass is 10.1. The van der Waals surface area contributed by atoms with Gasteiger partial charge in [0.05, 0.1) is 4.88 Å². The first-order chi connectivity index (χ1) is 6.81. The maximum absolute atomic E-state index is 10.7. The molecule has 0 unspecified atom stereocenters. The largest absolute Gasteiger partial charge is 0.508 e. The number of phenolic OH excluding ortho intramolecular Hbond substituents is 1. The summed E-state index contributed by atoms with van der Waals surface area (Å²) in [5, 5.41) is 11.0. The van der Waals surface area contributed by atoms with Gasteiger partial charge < -0.3 is 5.11 Å². The molecule has 0 aliphatic rings. The van der Waals surface area contributed by atoms with Crippen LogP contribution in [0.3, 0.4) is 0 Å². The number of rotatable bonds is 2. The third-order valence-electron chi connectivity index (χ3n) is 1.98. The predicted octanol–water partition coefficient (Wildman–Crippen LogP) is 2.93. The minimum absolute atomic E-state index is 0.233. The minimum atomic E-state index is 0.233. The number of thiophene rings is 1. The normalized spacial score (nSPS) is 10.0. The van der Waals surface area contributed by atoms with Gasteiger partial charge in [0.1, 0.15) is 5.75 Å². The zero-order chi connectivity index (χ0) is 9.97. The molecule has 3 heteroatoms. The minimum Gasteiger partial charge on any atom is -0.508 e. The van der Waals surface area contributed by atoms with Gasteiger partial charge >= 0.3 is 0 Å². The van der Waals surface area contributed by atoms with E-state index in [1.165, 1.54) is 11.3 Å². The molecule has 0 fully saturated rings. The highest BCUT2D eigenvalue weighted by atomic mass is 32.1. The van der Waals surface area contributed by atoms with Crippen LogP contribution in [0.15, 0.2) is 35.7 Å². The molecule has 0 amide bonds. The molecular weight excluding hydrogens is 196 g/mol. The molecule has 0 spiro atoms. The summed E-state index contributed by atoms with van der Waals surface area (Å²) in [4.78, 5) is 11.4. The third kappa shape index (κ3) is 1.54. The summed E-state index contributed by atoms with van der Waals surface area (Å²) in [7, 11) is 0. The lowest BCUT2D eigenvalue weighted by Crippen LogP contribution is -1.79. The average Bonchev–Trinajstić information content (AvgIpc) is 2.67. The van der Waals surface area contributed by atoms with E-state index in [-0.39, 0.29) is 5.75 Å². The van der Waals surface area contributed by atoms with Gasteiger partial charge in [0.2, 0.25) is 0 Å². The fraction of sp³-hybridized carbons (Fsp3) is 0. The van der Waals surface area contributed by atoms with Crippen LogP contribution in [0.5, 0.6) is 5.75 Å². The van der Waals surface area contributed by atoms with Crippen molar-refractivity contribution in [1.29, 1.82) is 0 Å². The van der Waals surface area contributed by atoms with Crippen molar-refractivity contribution in [3.8, 4) is 16.9 Å². The van der Waals surface area contributed by atoms with E-state index in [4.69, 9.17) is 5.11 Å². The Kier molecular flexibility index (Phi) is 2.33. The Morgan fingerprint density at radius 2 is 1.86 bits per heavy atom. The molecule has 2 aromatic rings. The van der Waals surface area contributed by atoms with Crippen molar-refractivity contribution in [1.82, 2.24) is 0 Å². The maximum Gasteiger partial charge on any atom is 0.160 e. The second-order valence-electron chi connectivity index (χ2n) is 2.86. The molecule has 14 heavy (non-hydrogen) atoms. The predicted molar refractivity (Wildman–Crippen MR) is 56.8 cm³/mol. The van der Waals surface area contributed by atoms with E-state index in [1.807, 2.05) is 11.4 Å². The molecule has 0 radical (unpaired) electrons. The molecule has 1 aromatic carbocycles. The summed E-state index contributed by atoms with van der Waals surface area (Å²) in [5.74, 6) is 0.233. The molecule has 70 valence electrons. The summed E-state index contributed by atoms with van der Waals surface area (Å²) in [6, 6.07) is 8.72. The Morgan fingerprint density at radius 1 is 1.14 bits per heavy atom. The third-order valence-corrected chi connectivity index (χ3v) is 2.82. The zero-order valence-corrected chi connectivity index (χ0v) is 8.12. The summed E-state index contributed by atoms with van der Waals surface area (Å²) in [6.45, 7) is 0. The number of carbonyl (C=O) groups excluding carboxylic acids is 1. The van der Waals surface area contributed by atoms with E-state index < -0.39 is 0 Å². The molecule has 0 aliphatic heterocycles. The second-order valence-corrected chi connectivity index (χ2v) is 3.81. The van der Waals surface area contributed by atoms with Crippen molar-refractivity contribution in [3.05, 3.63) is 40.6 Å². The van der Waals surface area contributed by atoms with Gasteiger partial charge in [-0.15, -0.1) is 11.3 Å². The number of aromatic hydroxyl groups is 1. The van der Waals surface area contributed by atoms with Crippen molar-refractivity contribution < 1.29 is 9.90 Å². The highest BCUT2D eigenvalue weighted by Crippen LogP contribution is 2.27. The molecule has 0 bridgehead atoms. The second kappa shape index (κ2) is 3.64. The van der Waals surface area contributed by atoms with E-state index in [0.29, 0.717) is 0 Å². The summed E-state index contributed by atoms with van der Waals surface area (Å²) in [5.41, 5.74) is 1.87. The average molecular weight is 204 g/mol. The molecule has 1 heterocycles. The number of phenols is 1. The topological polar surface area (TPSA) is 37.3 Å². The number of aldehydes is 1. The smallest absolute Gasteiger partial charge is 0.160 e. The van der Waals surface area contributed by atoms with Crippen LogP contribution in [0.4, 0.5) is 0 Å². The van der Waals surface area contributed by atoms with E-state index in [1.54, 1.807) is 24.3 Å². The first kappa shape index (κ1) is 8.97. The van der Waals surface area contributed by atoms with Crippen LogP contribution in [0, 0.1) is 0 Å². The van der Waals surface area contributed by atoms with Crippen LogP contribution >= 0.6 is 11.3 Å². The van der Waals surface area contributed by atoms with Crippen molar-refractivity contribution >= 4 is 17.6 Å². The summed E-state index contributed by atoms with van der Waals surface area (Å²) in [6.07, 6.45) is 0.854. The highest BCUT2D eigenvalue weighted by molar-refractivity contribution is 7.12. The van der Waals surface area contributed by atoms with E-state index in [2.05, 4.69) is 0 Å². The Morgan fingerprint density at radius 3 is 2.50 bits per heavy atom. The molecule has 0 saturated carbocycles. The standard InChI is InChI=1S/C11H8O2S/c12-7-11-10(5-6-14-11)8-1-3-9(13)4-2-8/h1-7,13H. The highest BCUT2D eigenvalue weighted by Gasteiger charge is 2.04. The van der Waals surface area contributed by atoms with Crippen molar-refractivity contribution in [2.24, 2.45) is 0 Å². The van der Waals surface area contributed by atoms with Gasteiger partial charge in [-0.05, 0) is 29.1 Å². The van der Waals surface area contributed by atoms with Crippen LogP contribution < -0.4 is 0 Å². The van der Waals surface area contributed by atoms with Crippen molar-refractivity contribution in [3.63, 3.8) is 0 Å². The van der Waals surface area contributed by atoms with Gasteiger partial charge in [0.25, 0.3) is 0 Å². The zero-order valence-electron chi connectivity index (χ0n) is 7.31. The first-order valence-corrected chi connectivity index (χ1v) is 5.01.